The van der Waals surface area contributed by atoms with Gasteiger partial charge in [0, 0.05) is 26.2 Å². The molecule has 0 aromatic heterocycles. The van der Waals surface area contributed by atoms with Gasteiger partial charge in [0.05, 0.1) is 0 Å². The maximum atomic E-state index is 10.8. The molecule has 5 heteroatoms. The van der Waals surface area contributed by atoms with Crippen LogP contribution in [0.4, 0.5) is 5.69 Å². The third-order valence-corrected chi connectivity index (χ3v) is 2.46. The van der Waals surface area contributed by atoms with Gasteiger partial charge in [0.1, 0.15) is 6.04 Å². The van der Waals surface area contributed by atoms with E-state index in [1.54, 1.807) is 0 Å². The zero-order valence-corrected chi connectivity index (χ0v) is 9.88. The first-order chi connectivity index (χ1) is 8.04. The van der Waals surface area contributed by atoms with Gasteiger partial charge in [0.25, 0.3) is 0 Å². The lowest BCUT2D eigenvalue weighted by Gasteiger charge is -2.14. The maximum Gasteiger partial charge on any atom is 0.326 e. The number of carboxylic acid groups (broad SMARTS) is 1. The van der Waals surface area contributed by atoms with Crippen molar-refractivity contribution in [3.8, 4) is 0 Å². The minimum Gasteiger partial charge on any atom is -0.480 e. The summed E-state index contributed by atoms with van der Waals surface area (Å²) in [5.41, 5.74) is 1.92. The van der Waals surface area contributed by atoms with Crippen LogP contribution < -0.4 is 10.2 Å². The van der Waals surface area contributed by atoms with Crippen LogP contribution in [0.2, 0.25) is 0 Å². The second kappa shape index (κ2) is 5.89. The zero-order valence-electron chi connectivity index (χ0n) is 9.88. The minimum absolute atomic E-state index is 0.280. The number of nitrogens with one attached hydrogen (secondary N) is 1. The predicted octanol–water partition coefficient (Wildman–Crippen LogP) is 0.494. The smallest absolute Gasteiger partial charge is 0.326 e. The molecule has 0 heterocycles. The standard InChI is InChI=1S/C12H16N2O3/c1-14(2)10-5-3-9(4-6-10)7-11(12(16)17)13-8-15/h3-6,8,11H,7H2,1-2H3,(H,13,15)(H,16,17). The number of benzene rings is 1. The largest absolute Gasteiger partial charge is 0.480 e. The van der Waals surface area contributed by atoms with Crippen LogP contribution in [0.1, 0.15) is 5.56 Å². The first kappa shape index (κ1) is 13.0. The number of carboxylic acids is 1. The summed E-state index contributed by atoms with van der Waals surface area (Å²) in [6.07, 6.45) is 0.689. The van der Waals surface area contributed by atoms with E-state index in [0.29, 0.717) is 6.41 Å². The lowest BCUT2D eigenvalue weighted by Crippen LogP contribution is -2.37. The molecule has 0 saturated carbocycles. The van der Waals surface area contributed by atoms with Gasteiger partial charge >= 0.3 is 5.97 Å². The number of nitrogens with zero attached hydrogens (tertiary/aromatic N) is 1. The molecule has 0 aliphatic carbocycles. The highest BCUT2D eigenvalue weighted by Crippen LogP contribution is 2.13. The Morgan fingerprint density at radius 2 is 2.00 bits per heavy atom. The summed E-state index contributed by atoms with van der Waals surface area (Å²) < 4.78 is 0. The van der Waals surface area contributed by atoms with E-state index in [4.69, 9.17) is 5.11 Å². The number of carbonyl (C=O) groups excluding carboxylic acids is 1. The van der Waals surface area contributed by atoms with Crippen LogP contribution in [0, 0.1) is 0 Å². The average Bonchev–Trinajstić information content (AvgIpc) is 2.29. The van der Waals surface area contributed by atoms with E-state index in [2.05, 4.69) is 5.32 Å². The Morgan fingerprint density at radius 1 is 1.41 bits per heavy atom. The predicted molar refractivity (Wildman–Crippen MR) is 65.1 cm³/mol. The van der Waals surface area contributed by atoms with Gasteiger partial charge in [-0.3, -0.25) is 4.79 Å². The molecule has 0 spiro atoms. The van der Waals surface area contributed by atoms with Crippen molar-refractivity contribution in [2.45, 2.75) is 12.5 Å². The molecule has 0 radical (unpaired) electrons. The SMILES string of the molecule is CN(C)c1ccc(CC(NC=O)C(=O)O)cc1. The number of carbonyl (C=O) groups is 2. The van der Waals surface area contributed by atoms with Gasteiger partial charge in [-0.1, -0.05) is 12.1 Å². The highest BCUT2D eigenvalue weighted by atomic mass is 16.4. The monoisotopic (exact) mass is 236 g/mol. The van der Waals surface area contributed by atoms with Gasteiger partial charge in [-0.15, -0.1) is 0 Å². The number of hydrogen-bond donors (Lipinski definition) is 2. The molecule has 1 aromatic carbocycles. The molecule has 2 N–H and O–H groups in total. The number of hydrogen-bond acceptors (Lipinski definition) is 3. The third kappa shape index (κ3) is 3.79. The molecular weight excluding hydrogens is 220 g/mol. The lowest BCUT2D eigenvalue weighted by atomic mass is 10.1. The second-order valence-corrected chi connectivity index (χ2v) is 3.94. The molecule has 1 aromatic rings. The van der Waals surface area contributed by atoms with Crippen molar-refractivity contribution >= 4 is 18.1 Å². The summed E-state index contributed by atoms with van der Waals surface area (Å²) in [6.45, 7) is 0. The zero-order chi connectivity index (χ0) is 12.8. The summed E-state index contributed by atoms with van der Waals surface area (Å²) in [6, 6.07) is 6.66. The van der Waals surface area contributed by atoms with Gasteiger partial charge in [0.2, 0.25) is 6.41 Å². The van der Waals surface area contributed by atoms with Crippen molar-refractivity contribution < 1.29 is 14.7 Å². The van der Waals surface area contributed by atoms with Gasteiger partial charge in [-0.2, -0.15) is 0 Å². The first-order valence-electron chi connectivity index (χ1n) is 5.23. The number of anilines is 1. The van der Waals surface area contributed by atoms with E-state index in [1.807, 2.05) is 43.3 Å². The highest BCUT2D eigenvalue weighted by molar-refractivity contribution is 5.76. The molecule has 0 fully saturated rings. The molecule has 0 saturated heterocycles. The van der Waals surface area contributed by atoms with Crippen LogP contribution in [0.25, 0.3) is 0 Å². The molecule has 1 amide bonds. The molecule has 1 rings (SSSR count). The van der Waals surface area contributed by atoms with E-state index in [1.165, 1.54) is 0 Å². The fourth-order valence-electron chi connectivity index (χ4n) is 1.47. The van der Waals surface area contributed by atoms with Gasteiger partial charge in [-0.25, -0.2) is 4.79 Å². The molecule has 0 aliphatic heterocycles. The molecule has 0 bridgehead atoms. The van der Waals surface area contributed by atoms with Crippen LogP contribution >= 0.6 is 0 Å². The van der Waals surface area contributed by atoms with E-state index in [0.717, 1.165) is 11.3 Å². The van der Waals surface area contributed by atoms with Crippen LogP contribution in [-0.2, 0) is 16.0 Å². The van der Waals surface area contributed by atoms with Gasteiger partial charge in [-0.05, 0) is 17.7 Å². The van der Waals surface area contributed by atoms with Crippen LogP contribution in [0.5, 0.6) is 0 Å². The first-order valence-corrected chi connectivity index (χ1v) is 5.23. The maximum absolute atomic E-state index is 10.8. The molecule has 17 heavy (non-hydrogen) atoms. The third-order valence-electron chi connectivity index (χ3n) is 2.46. The second-order valence-electron chi connectivity index (χ2n) is 3.94. The number of aliphatic carboxylic acids is 1. The van der Waals surface area contributed by atoms with E-state index < -0.39 is 12.0 Å². The van der Waals surface area contributed by atoms with Crippen molar-refractivity contribution in [1.82, 2.24) is 5.32 Å². The Kier molecular flexibility index (Phi) is 4.51. The van der Waals surface area contributed by atoms with E-state index in [-0.39, 0.29) is 6.42 Å². The lowest BCUT2D eigenvalue weighted by molar-refractivity contribution is -0.140. The Hall–Kier alpha value is -2.04. The Bertz CT molecular complexity index is 387. The fourth-order valence-corrected chi connectivity index (χ4v) is 1.47. The summed E-state index contributed by atoms with van der Waals surface area (Å²) in [7, 11) is 3.87. The van der Waals surface area contributed by atoms with Gasteiger partial charge < -0.3 is 15.3 Å². The molecule has 0 aliphatic rings. The summed E-state index contributed by atoms with van der Waals surface area (Å²) in [4.78, 5) is 23.1. The quantitative estimate of drug-likeness (QED) is 0.705. The van der Waals surface area contributed by atoms with Crippen molar-refractivity contribution in [3.63, 3.8) is 0 Å². The molecular formula is C12H16N2O3. The number of amides is 1. The van der Waals surface area contributed by atoms with Crippen LogP contribution in [0.15, 0.2) is 24.3 Å². The summed E-state index contributed by atoms with van der Waals surface area (Å²) >= 11 is 0. The highest BCUT2D eigenvalue weighted by Gasteiger charge is 2.16. The van der Waals surface area contributed by atoms with Crippen LogP contribution in [-0.4, -0.2) is 37.6 Å². The van der Waals surface area contributed by atoms with Crippen LogP contribution in [0.3, 0.4) is 0 Å². The summed E-state index contributed by atoms with van der Waals surface area (Å²) in [5, 5.41) is 11.2. The molecule has 92 valence electrons. The van der Waals surface area contributed by atoms with Crippen molar-refractivity contribution in [2.24, 2.45) is 0 Å². The van der Waals surface area contributed by atoms with E-state index >= 15 is 0 Å². The fraction of sp³-hybridized carbons (Fsp3) is 0.333. The normalized spacial score (nSPS) is 11.6. The molecule has 1 atom stereocenters. The average molecular weight is 236 g/mol. The van der Waals surface area contributed by atoms with Crippen molar-refractivity contribution in [3.05, 3.63) is 29.8 Å². The minimum atomic E-state index is -1.03. The molecule has 5 nitrogen and oxygen atoms in total. The van der Waals surface area contributed by atoms with Crippen molar-refractivity contribution in [1.29, 1.82) is 0 Å². The Morgan fingerprint density at radius 3 is 2.41 bits per heavy atom. The molecule has 1 unspecified atom stereocenters. The Labute approximate surface area is 100 Å². The number of rotatable bonds is 6. The topological polar surface area (TPSA) is 69.6 Å². The van der Waals surface area contributed by atoms with Gasteiger partial charge in [0.15, 0.2) is 0 Å². The Balaban J connectivity index is 2.73. The van der Waals surface area contributed by atoms with Crippen molar-refractivity contribution in [2.75, 3.05) is 19.0 Å². The summed E-state index contributed by atoms with van der Waals surface area (Å²) in [5.74, 6) is -1.03. The van der Waals surface area contributed by atoms with E-state index in [9.17, 15) is 9.59 Å².